The van der Waals surface area contributed by atoms with Crippen molar-refractivity contribution in [2.45, 2.75) is 77.8 Å². The van der Waals surface area contributed by atoms with E-state index >= 15 is 0 Å². The highest BCUT2D eigenvalue weighted by Crippen LogP contribution is 2.16. The molecule has 21 heavy (non-hydrogen) atoms. The minimum atomic E-state index is 0.109. The fourth-order valence-corrected chi connectivity index (χ4v) is 3.03. The lowest BCUT2D eigenvalue weighted by atomic mass is 10.0. The Labute approximate surface area is 130 Å². The molecule has 0 aliphatic carbocycles. The maximum absolute atomic E-state index is 12.0. The van der Waals surface area contributed by atoms with E-state index in [4.69, 9.17) is 5.73 Å². The fraction of sp³-hybridized carbons (Fsp3) is 0.941. The first-order valence-electron chi connectivity index (χ1n) is 8.78. The highest BCUT2D eigenvalue weighted by molar-refractivity contribution is 5.78. The predicted octanol–water partition coefficient (Wildman–Crippen LogP) is 2.52. The largest absolute Gasteiger partial charge is 0.356 e. The summed E-state index contributed by atoms with van der Waals surface area (Å²) in [6, 6.07) is 0.957. The lowest BCUT2D eigenvalue weighted by molar-refractivity contribution is -0.124. The number of nitrogens with one attached hydrogen (secondary N) is 1. The first kappa shape index (κ1) is 18.4. The molecule has 1 rings (SSSR count). The van der Waals surface area contributed by atoms with E-state index in [1.807, 2.05) is 13.8 Å². The predicted molar refractivity (Wildman–Crippen MR) is 89.2 cm³/mol. The van der Waals surface area contributed by atoms with Crippen LogP contribution in [0.1, 0.15) is 65.7 Å². The Balaban J connectivity index is 2.06. The second-order valence-corrected chi connectivity index (χ2v) is 6.83. The maximum Gasteiger partial charge on any atom is 0.222 e. The van der Waals surface area contributed by atoms with Crippen molar-refractivity contribution in [2.75, 3.05) is 19.6 Å². The second kappa shape index (κ2) is 10.2. The van der Waals surface area contributed by atoms with Crippen molar-refractivity contribution < 1.29 is 4.79 Å². The van der Waals surface area contributed by atoms with Gasteiger partial charge in [-0.15, -0.1) is 0 Å². The average Bonchev–Trinajstić information content (AvgIpc) is 2.44. The molecule has 0 bridgehead atoms. The smallest absolute Gasteiger partial charge is 0.222 e. The molecule has 1 aliphatic rings. The minimum Gasteiger partial charge on any atom is -0.356 e. The van der Waals surface area contributed by atoms with Crippen LogP contribution in [0.2, 0.25) is 0 Å². The molecule has 0 aromatic rings. The molecule has 3 N–H and O–H groups in total. The quantitative estimate of drug-likeness (QED) is 0.643. The number of rotatable bonds is 9. The van der Waals surface area contributed by atoms with Crippen LogP contribution in [0.5, 0.6) is 0 Å². The first-order chi connectivity index (χ1) is 10.0. The van der Waals surface area contributed by atoms with E-state index in [1.54, 1.807) is 0 Å². The Morgan fingerprint density at radius 2 is 2.05 bits per heavy atom. The monoisotopic (exact) mass is 297 g/mol. The molecule has 4 heteroatoms. The minimum absolute atomic E-state index is 0.109. The van der Waals surface area contributed by atoms with Gasteiger partial charge in [0.25, 0.3) is 0 Å². The lowest BCUT2D eigenvalue weighted by Crippen LogP contribution is -2.39. The van der Waals surface area contributed by atoms with E-state index in [9.17, 15) is 4.79 Å². The molecule has 3 unspecified atom stereocenters. The third-order valence-electron chi connectivity index (χ3n) is 4.61. The van der Waals surface area contributed by atoms with Gasteiger partial charge in [-0.25, -0.2) is 0 Å². The van der Waals surface area contributed by atoms with Gasteiger partial charge in [0, 0.05) is 31.1 Å². The van der Waals surface area contributed by atoms with Gasteiger partial charge in [-0.2, -0.15) is 0 Å². The SMILES string of the molecule is CC(N)CCCC(C)C(=O)NCCCN1CCCCC1C. The molecule has 1 saturated heterocycles. The molecule has 0 saturated carbocycles. The summed E-state index contributed by atoms with van der Waals surface area (Å²) >= 11 is 0. The summed E-state index contributed by atoms with van der Waals surface area (Å²) < 4.78 is 0. The number of amides is 1. The van der Waals surface area contributed by atoms with Crippen LogP contribution in [0.3, 0.4) is 0 Å². The Morgan fingerprint density at radius 3 is 2.71 bits per heavy atom. The summed E-state index contributed by atoms with van der Waals surface area (Å²) in [4.78, 5) is 14.5. The summed E-state index contributed by atoms with van der Waals surface area (Å²) in [7, 11) is 0. The summed E-state index contributed by atoms with van der Waals surface area (Å²) in [6.07, 6.45) is 8.06. The normalized spacial score (nSPS) is 22.8. The van der Waals surface area contributed by atoms with Crippen LogP contribution in [-0.2, 0) is 4.79 Å². The Kier molecular flexibility index (Phi) is 8.93. The standard InChI is InChI=1S/C17H35N3O/c1-14(8-6-9-15(2)18)17(21)19-11-7-13-20-12-5-4-10-16(20)3/h14-16H,4-13,18H2,1-3H3,(H,19,21). The number of hydrogen-bond acceptors (Lipinski definition) is 3. The molecule has 1 heterocycles. The third-order valence-corrected chi connectivity index (χ3v) is 4.61. The van der Waals surface area contributed by atoms with Gasteiger partial charge in [0.1, 0.15) is 0 Å². The van der Waals surface area contributed by atoms with E-state index in [0.29, 0.717) is 6.04 Å². The molecular weight excluding hydrogens is 262 g/mol. The molecule has 3 atom stereocenters. The van der Waals surface area contributed by atoms with Crippen molar-refractivity contribution in [2.24, 2.45) is 11.7 Å². The van der Waals surface area contributed by atoms with Gasteiger partial charge in [0.2, 0.25) is 5.91 Å². The van der Waals surface area contributed by atoms with Gasteiger partial charge in [-0.3, -0.25) is 4.79 Å². The van der Waals surface area contributed by atoms with E-state index in [1.165, 1.54) is 25.8 Å². The highest BCUT2D eigenvalue weighted by Gasteiger charge is 2.17. The highest BCUT2D eigenvalue weighted by atomic mass is 16.1. The zero-order valence-electron chi connectivity index (χ0n) is 14.2. The van der Waals surface area contributed by atoms with Gasteiger partial charge in [0.15, 0.2) is 0 Å². The van der Waals surface area contributed by atoms with Gasteiger partial charge >= 0.3 is 0 Å². The van der Waals surface area contributed by atoms with Crippen molar-refractivity contribution >= 4 is 5.91 Å². The van der Waals surface area contributed by atoms with Gasteiger partial charge in [-0.05, 0) is 52.5 Å². The zero-order valence-corrected chi connectivity index (χ0v) is 14.2. The van der Waals surface area contributed by atoms with Gasteiger partial charge < -0.3 is 16.0 Å². The lowest BCUT2D eigenvalue weighted by Gasteiger charge is -2.33. The van der Waals surface area contributed by atoms with Crippen LogP contribution in [0.25, 0.3) is 0 Å². The van der Waals surface area contributed by atoms with Crippen LogP contribution in [0.15, 0.2) is 0 Å². The van der Waals surface area contributed by atoms with E-state index in [2.05, 4.69) is 17.1 Å². The maximum atomic E-state index is 12.0. The molecule has 1 aliphatic heterocycles. The van der Waals surface area contributed by atoms with Crippen molar-refractivity contribution in [1.82, 2.24) is 10.2 Å². The number of carbonyl (C=O) groups excluding carboxylic acids is 1. The summed E-state index contributed by atoms with van der Waals surface area (Å²) in [5, 5.41) is 3.08. The van der Waals surface area contributed by atoms with Crippen LogP contribution in [0.4, 0.5) is 0 Å². The molecule has 4 nitrogen and oxygen atoms in total. The van der Waals surface area contributed by atoms with Crippen LogP contribution < -0.4 is 11.1 Å². The number of likely N-dealkylation sites (tertiary alicyclic amines) is 1. The number of hydrogen-bond donors (Lipinski definition) is 2. The van der Waals surface area contributed by atoms with Gasteiger partial charge in [-0.1, -0.05) is 19.8 Å². The molecule has 1 amide bonds. The summed E-state index contributed by atoms with van der Waals surface area (Å²) in [5.41, 5.74) is 5.73. The van der Waals surface area contributed by atoms with Crippen molar-refractivity contribution in [1.29, 1.82) is 0 Å². The number of carbonyl (C=O) groups is 1. The van der Waals surface area contributed by atoms with Crippen molar-refractivity contribution in [3.05, 3.63) is 0 Å². The summed E-state index contributed by atoms with van der Waals surface area (Å²) in [5.74, 6) is 0.309. The number of nitrogens with two attached hydrogens (primary N) is 1. The average molecular weight is 297 g/mol. The molecule has 124 valence electrons. The fourth-order valence-electron chi connectivity index (χ4n) is 3.03. The summed E-state index contributed by atoms with van der Waals surface area (Å²) in [6.45, 7) is 9.50. The second-order valence-electron chi connectivity index (χ2n) is 6.83. The molecular formula is C17H35N3O. The molecule has 0 aromatic carbocycles. The third kappa shape index (κ3) is 7.82. The van der Waals surface area contributed by atoms with Crippen LogP contribution in [-0.4, -0.2) is 42.5 Å². The molecule has 0 aromatic heterocycles. The number of nitrogens with zero attached hydrogens (tertiary/aromatic N) is 1. The Morgan fingerprint density at radius 1 is 1.29 bits per heavy atom. The van der Waals surface area contributed by atoms with Crippen LogP contribution in [0, 0.1) is 5.92 Å². The Bertz CT molecular complexity index is 294. The first-order valence-corrected chi connectivity index (χ1v) is 8.78. The van der Waals surface area contributed by atoms with E-state index < -0.39 is 0 Å². The molecule has 0 spiro atoms. The van der Waals surface area contributed by atoms with Crippen molar-refractivity contribution in [3.63, 3.8) is 0 Å². The van der Waals surface area contributed by atoms with Crippen molar-refractivity contribution in [3.8, 4) is 0 Å². The number of piperidine rings is 1. The Hall–Kier alpha value is -0.610. The topological polar surface area (TPSA) is 58.4 Å². The molecule has 0 radical (unpaired) electrons. The van der Waals surface area contributed by atoms with Crippen LogP contribution >= 0.6 is 0 Å². The molecule has 1 fully saturated rings. The van der Waals surface area contributed by atoms with E-state index in [-0.39, 0.29) is 17.9 Å². The van der Waals surface area contributed by atoms with Gasteiger partial charge in [0.05, 0.1) is 0 Å². The zero-order chi connectivity index (χ0) is 15.7. The van der Waals surface area contributed by atoms with E-state index in [0.717, 1.165) is 38.8 Å².